The van der Waals surface area contributed by atoms with Crippen molar-refractivity contribution in [3.63, 3.8) is 0 Å². The number of nitrogens with zero attached hydrogens (tertiary/aromatic N) is 2. The zero-order valence-corrected chi connectivity index (χ0v) is 15.8. The number of carbonyl (C=O) groups excluding carboxylic acids is 1. The average molecular weight is 407 g/mol. The van der Waals surface area contributed by atoms with E-state index in [0.717, 1.165) is 16.2 Å². The standard InChI is InChI=1S/C21H15ClN4O3/c22-16-8-2-1-5-14(16)12-26-20(28)15(11-24-21(26)29)19(27)25-17-9-3-6-13-7-4-10-23-18(13)17/h1-11H,12H2,(H,24,29)(H,25,27). The molecule has 0 aliphatic rings. The first-order valence-corrected chi connectivity index (χ1v) is 9.13. The second-order valence-corrected chi connectivity index (χ2v) is 6.73. The monoisotopic (exact) mass is 406 g/mol. The molecule has 29 heavy (non-hydrogen) atoms. The fraction of sp³-hybridized carbons (Fsp3) is 0.0476. The van der Waals surface area contributed by atoms with Gasteiger partial charge >= 0.3 is 5.69 Å². The number of H-pyrrole nitrogens is 1. The van der Waals surface area contributed by atoms with E-state index in [1.165, 1.54) is 0 Å². The maximum Gasteiger partial charge on any atom is 0.328 e. The smallest absolute Gasteiger partial charge is 0.320 e. The Morgan fingerprint density at radius 2 is 1.86 bits per heavy atom. The summed E-state index contributed by atoms with van der Waals surface area (Å²) >= 11 is 6.13. The lowest BCUT2D eigenvalue weighted by atomic mass is 10.2. The summed E-state index contributed by atoms with van der Waals surface area (Å²) in [6.45, 7) is -0.0508. The average Bonchev–Trinajstić information content (AvgIpc) is 2.72. The third-order valence-corrected chi connectivity index (χ3v) is 4.84. The van der Waals surface area contributed by atoms with Crippen molar-refractivity contribution in [2.45, 2.75) is 6.54 Å². The Balaban J connectivity index is 1.70. The van der Waals surface area contributed by atoms with Gasteiger partial charge in [-0.15, -0.1) is 0 Å². The van der Waals surface area contributed by atoms with E-state index in [2.05, 4.69) is 15.3 Å². The van der Waals surface area contributed by atoms with Crippen LogP contribution in [0.2, 0.25) is 5.02 Å². The fourth-order valence-corrected chi connectivity index (χ4v) is 3.20. The number of carbonyl (C=O) groups is 1. The number of anilines is 1. The van der Waals surface area contributed by atoms with Crippen LogP contribution in [0.3, 0.4) is 0 Å². The van der Waals surface area contributed by atoms with Gasteiger partial charge in [0.05, 0.1) is 17.7 Å². The zero-order chi connectivity index (χ0) is 20.4. The van der Waals surface area contributed by atoms with E-state index in [-0.39, 0.29) is 12.1 Å². The molecular weight excluding hydrogens is 392 g/mol. The van der Waals surface area contributed by atoms with Crippen molar-refractivity contribution in [1.82, 2.24) is 14.5 Å². The van der Waals surface area contributed by atoms with E-state index < -0.39 is 17.2 Å². The molecule has 7 nitrogen and oxygen atoms in total. The minimum Gasteiger partial charge on any atom is -0.320 e. The zero-order valence-electron chi connectivity index (χ0n) is 15.1. The number of hydrogen-bond acceptors (Lipinski definition) is 4. The normalized spacial score (nSPS) is 10.8. The van der Waals surface area contributed by atoms with Crippen LogP contribution in [0.1, 0.15) is 15.9 Å². The molecule has 0 aliphatic heterocycles. The highest BCUT2D eigenvalue weighted by molar-refractivity contribution is 6.31. The first kappa shape index (κ1) is 18.6. The molecule has 8 heteroatoms. The van der Waals surface area contributed by atoms with Gasteiger partial charge in [-0.2, -0.15) is 0 Å². The van der Waals surface area contributed by atoms with Gasteiger partial charge in [-0.3, -0.25) is 19.1 Å². The molecule has 144 valence electrons. The van der Waals surface area contributed by atoms with Crippen molar-refractivity contribution < 1.29 is 4.79 Å². The Labute approximate surface area is 169 Å². The highest BCUT2D eigenvalue weighted by atomic mass is 35.5. The first-order valence-electron chi connectivity index (χ1n) is 8.75. The molecule has 2 N–H and O–H groups in total. The van der Waals surface area contributed by atoms with Gasteiger partial charge in [-0.1, -0.05) is 48.0 Å². The van der Waals surface area contributed by atoms with Gasteiger partial charge in [0.2, 0.25) is 0 Å². The number of aromatic amines is 1. The molecule has 0 spiro atoms. The van der Waals surface area contributed by atoms with Crippen LogP contribution in [-0.2, 0) is 6.54 Å². The van der Waals surface area contributed by atoms with Crippen LogP contribution >= 0.6 is 11.6 Å². The molecule has 2 aromatic heterocycles. The Morgan fingerprint density at radius 3 is 2.69 bits per heavy atom. The van der Waals surface area contributed by atoms with Crippen molar-refractivity contribution in [3.05, 3.63) is 104 Å². The number of nitrogens with one attached hydrogen (secondary N) is 2. The van der Waals surface area contributed by atoms with Crippen molar-refractivity contribution in [2.75, 3.05) is 5.32 Å². The van der Waals surface area contributed by atoms with Crippen LogP contribution in [0.4, 0.5) is 5.69 Å². The Morgan fingerprint density at radius 1 is 1.07 bits per heavy atom. The second kappa shape index (κ2) is 7.73. The highest BCUT2D eigenvalue weighted by Crippen LogP contribution is 2.21. The molecule has 0 atom stereocenters. The third-order valence-electron chi connectivity index (χ3n) is 4.47. The molecular formula is C21H15ClN4O3. The summed E-state index contributed by atoms with van der Waals surface area (Å²) in [6.07, 6.45) is 2.73. The quantitative estimate of drug-likeness (QED) is 0.544. The summed E-state index contributed by atoms with van der Waals surface area (Å²) in [7, 11) is 0. The molecule has 0 aliphatic carbocycles. The highest BCUT2D eigenvalue weighted by Gasteiger charge is 2.17. The molecule has 0 unspecified atom stereocenters. The molecule has 0 radical (unpaired) electrons. The predicted octanol–water partition coefficient (Wildman–Crippen LogP) is 3.04. The Bertz CT molecular complexity index is 1340. The minimum atomic E-state index is -0.709. The molecule has 4 aromatic rings. The van der Waals surface area contributed by atoms with Gasteiger partial charge in [-0.05, 0) is 23.8 Å². The van der Waals surface area contributed by atoms with Gasteiger partial charge in [0.15, 0.2) is 0 Å². The summed E-state index contributed by atoms with van der Waals surface area (Å²) < 4.78 is 0.942. The molecule has 2 aromatic carbocycles. The topological polar surface area (TPSA) is 96.8 Å². The van der Waals surface area contributed by atoms with Gasteiger partial charge in [-0.25, -0.2) is 4.79 Å². The number of pyridine rings is 1. The maximum atomic E-state index is 12.8. The summed E-state index contributed by atoms with van der Waals surface area (Å²) in [6, 6.07) is 15.9. The molecule has 2 heterocycles. The van der Waals surface area contributed by atoms with Gasteiger partial charge in [0.1, 0.15) is 5.56 Å². The first-order chi connectivity index (χ1) is 14.0. The molecule has 4 rings (SSSR count). The summed E-state index contributed by atoms with van der Waals surface area (Å²) in [5, 5.41) is 3.98. The van der Waals surface area contributed by atoms with E-state index >= 15 is 0 Å². The number of aromatic nitrogens is 3. The lowest BCUT2D eigenvalue weighted by Crippen LogP contribution is -2.39. The molecule has 0 saturated heterocycles. The summed E-state index contributed by atoms with van der Waals surface area (Å²) in [5.74, 6) is -0.641. The summed E-state index contributed by atoms with van der Waals surface area (Å²) in [5.41, 5.74) is 0.139. The number of amides is 1. The number of hydrogen-bond donors (Lipinski definition) is 2. The molecule has 1 amide bonds. The van der Waals surface area contributed by atoms with E-state index in [0.29, 0.717) is 21.8 Å². The number of benzene rings is 2. The van der Waals surface area contributed by atoms with Crippen LogP contribution in [0, 0.1) is 0 Å². The number of rotatable bonds is 4. The van der Waals surface area contributed by atoms with Crippen molar-refractivity contribution in [3.8, 4) is 0 Å². The van der Waals surface area contributed by atoms with Crippen LogP contribution in [0.25, 0.3) is 10.9 Å². The van der Waals surface area contributed by atoms with Crippen molar-refractivity contribution in [2.24, 2.45) is 0 Å². The van der Waals surface area contributed by atoms with Crippen LogP contribution in [-0.4, -0.2) is 20.4 Å². The Kier molecular flexibility index (Phi) is 4.97. The number of para-hydroxylation sites is 1. The van der Waals surface area contributed by atoms with Gasteiger partial charge in [0.25, 0.3) is 11.5 Å². The van der Waals surface area contributed by atoms with E-state index in [9.17, 15) is 14.4 Å². The van der Waals surface area contributed by atoms with E-state index in [4.69, 9.17) is 11.6 Å². The molecule has 0 bridgehead atoms. The van der Waals surface area contributed by atoms with Crippen LogP contribution in [0.15, 0.2) is 76.6 Å². The number of fused-ring (bicyclic) bond motifs is 1. The van der Waals surface area contributed by atoms with Crippen LogP contribution < -0.4 is 16.6 Å². The largest absolute Gasteiger partial charge is 0.328 e. The van der Waals surface area contributed by atoms with Crippen LogP contribution in [0.5, 0.6) is 0 Å². The summed E-state index contributed by atoms with van der Waals surface area (Å²) in [4.78, 5) is 44.5. The minimum absolute atomic E-state index is 0.0508. The second-order valence-electron chi connectivity index (χ2n) is 6.33. The van der Waals surface area contributed by atoms with E-state index in [1.807, 2.05) is 12.1 Å². The third kappa shape index (κ3) is 3.68. The maximum absolute atomic E-state index is 12.8. The van der Waals surface area contributed by atoms with E-state index in [1.54, 1.807) is 48.7 Å². The van der Waals surface area contributed by atoms with Crippen molar-refractivity contribution >= 4 is 34.1 Å². The lowest BCUT2D eigenvalue weighted by Gasteiger charge is -2.10. The fourth-order valence-electron chi connectivity index (χ4n) is 3.01. The number of halogens is 1. The van der Waals surface area contributed by atoms with Gasteiger partial charge < -0.3 is 10.3 Å². The van der Waals surface area contributed by atoms with Crippen molar-refractivity contribution in [1.29, 1.82) is 0 Å². The predicted molar refractivity (Wildman–Crippen MR) is 112 cm³/mol. The SMILES string of the molecule is O=C(Nc1cccc2cccnc12)c1c[nH]c(=O)n(Cc2ccccc2Cl)c1=O. The molecule has 0 fully saturated rings. The Hall–Kier alpha value is -3.71. The van der Waals surface area contributed by atoms with Gasteiger partial charge in [0, 0.05) is 22.8 Å². The molecule has 0 saturated carbocycles. The lowest BCUT2D eigenvalue weighted by molar-refractivity contribution is 0.102.